The van der Waals surface area contributed by atoms with Gasteiger partial charge in [0.2, 0.25) is 15.9 Å². The standard InChI is InChI=1S/C19H21F2N5O5S/c20-14-9-12(10-15(21)19(14)25-7-1-2-8-25)24-18(27)5-6-23-16-4-3-13(32(22,30)31)11-17(16)26(28)29/h3-4,9-11,23H,1-2,5-8H2,(H,24,27)(H2,22,30,31). The molecule has 0 radical (unpaired) electrons. The van der Waals surface area contributed by atoms with E-state index in [0.717, 1.165) is 43.2 Å². The average Bonchev–Trinajstić information content (AvgIpc) is 3.20. The molecule has 0 unspecified atom stereocenters. The van der Waals surface area contributed by atoms with Crippen LogP contribution in [0, 0.1) is 21.7 Å². The van der Waals surface area contributed by atoms with Gasteiger partial charge in [-0.05, 0) is 37.1 Å². The van der Waals surface area contributed by atoms with E-state index in [1.165, 1.54) is 0 Å². The summed E-state index contributed by atoms with van der Waals surface area (Å²) in [6, 6.07) is 5.15. The van der Waals surface area contributed by atoms with Gasteiger partial charge in [0.05, 0.1) is 9.82 Å². The minimum Gasteiger partial charge on any atom is -0.379 e. The van der Waals surface area contributed by atoms with Gasteiger partial charge >= 0.3 is 0 Å². The summed E-state index contributed by atoms with van der Waals surface area (Å²) in [6.45, 7) is 1.07. The molecule has 2 aromatic rings. The molecule has 0 atom stereocenters. The lowest BCUT2D eigenvalue weighted by Crippen LogP contribution is -2.21. The summed E-state index contributed by atoms with van der Waals surface area (Å²) >= 11 is 0. The van der Waals surface area contributed by atoms with Crippen LogP contribution >= 0.6 is 0 Å². The Bertz CT molecular complexity index is 1130. The van der Waals surface area contributed by atoms with Crippen molar-refractivity contribution < 1.29 is 26.9 Å². The van der Waals surface area contributed by atoms with E-state index in [-0.39, 0.29) is 30.0 Å². The first-order valence-electron chi connectivity index (χ1n) is 9.65. The molecule has 1 fully saturated rings. The molecule has 0 bridgehead atoms. The Labute approximate surface area is 182 Å². The third-order valence-electron chi connectivity index (χ3n) is 4.88. The zero-order valence-corrected chi connectivity index (χ0v) is 17.6. The Kier molecular flexibility index (Phi) is 6.89. The highest BCUT2D eigenvalue weighted by molar-refractivity contribution is 7.89. The number of primary sulfonamides is 1. The van der Waals surface area contributed by atoms with E-state index in [4.69, 9.17) is 5.14 Å². The van der Waals surface area contributed by atoms with E-state index in [1.807, 2.05) is 0 Å². The number of nitro groups is 1. The Morgan fingerprint density at radius 2 is 1.78 bits per heavy atom. The first-order valence-corrected chi connectivity index (χ1v) is 11.2. The lowest BCUT2D eigenvalue weighted by Gasteiger charge is -2.19. The summed E-state index contributed by atoms with van der Waals surface area (Å²) in [5.41, 5.74) is -0.699. The minimum atomic E-state index is -4.12. The van der Waals surface area contributed by atoms with Gasteiger partial charge in [0, 0.05) is 37.8 Å². The molecule has 1 aliphatic rings. The molecule has 172 valence electrons. The maximum absolute atomic E-state index is 14.4. The van der Waals surface area contributed by atoms with Gasteiger partial charge in [-0.1, -0.05) is 0 Å². The molecule has 0 saturated carbocycles. The van der Waals surface area contributed by atoms with Crippen molar-refractivity contribution in [1.29, 1.82) is 0 Å². The number of amides is 1. The van der Waals surface area contributed by atoms with Gasteiger partial charge in [-0.15, -0.1) is 0 Å². The summed E-state index contributed by atoms with van der Waals surface area (Å²) in [5.74, 6) is -2.12. The lowest BCUT2D eigenvalue weighted by atomic mass is 10.2. The van der Waals surface area contributed by atoms with Crippen molar-refractivity contribution in [2.75, 3.05) is 35.2 Å². The van der Waals surface area contributed by atoms with Crippen LogP contribution in [0.4, 0.5) is 31.5 Å². The molecule has 0 aliphatic carbocycles. The van der Waals surface area contributed by atoms with Crippen LogP contribution in [0.1, 0.15) is 19.3 Å². The second-order valence-electron chi connectivity index (χ2n) is 7.19. The van der Waals surface area contributed by atoms with Crippen molar-refractivity contribution in [1.82, 2.24) is 0 Å². The fourth-order valence-electron chi connectivity index (χ4n) is 3.40. The van der Waals surface area contributed by atoms with Crippen LogP contribution in [-0.2, 0) is 14.8 Å². The van der Waals surface area contributed by atoms with E-state index in [0.29, 0.717) is 13.1 Å². The zero-order valence-electron chi connectivity index (χ0n) is 16.8. The van der Waals surface area contributed by atoms with E-state index >= 15 is 0 Å². The highest BCUT2D eigenvalue weighted by Crippen LogP contribution is 2.30. The van der Waals surface area contributed by atoms with E-state index in [9.17, 15) is 32.1 Å². The smallest absolute Gasteiger partial charge is 0.293 e. The van der Waals surface area contributed by atoms with Crippen LogP contribution in [-0.4, -0.2) is 38.9 Å². The normalized spacial score (nSPS) is 13.8. The zero-order chi connectivity index (χ0) is 23.5. The molecule has 4 N–H and O–H groups in total. The average molecular weight is 469 g/mol. The van der Waals surface area contributed by atoms with Gasteiger partial charge in [0.25, 0.3) is 5.69 Å². The molecule has 0 spiro atoms. The monoisotopic (exact) mass is 469 g/mol. The van der Waals surface area contributed by atoms with Crippen molar-refractivity contribution >= 4 is 38.7 Å². The summed E-state index contributed by atoms with van der Waals surface area (Å²) in [7, 11) is -4.12. The van der Waals surface area contributed by atoms with Gasteiger partial charge in [-0.3, -0.25) is 14.9 Å². The SMILES string of the molecule is NS(=O)(=O)c1ccc(NCCC(=O)Nc2cc(F)c(N3CCCC3)c(F)c2)c([N+](=O)[O-])c1. The molecular formula is C19H21F2N5O5S. The highest BCUT2D eigenvalue weighted by Gasteiger charge is 2.22. The van der Waals surface area contributed by atoms with Gasteiger partial charge < -0.3 is 15.5 Å². The summed E-state index contributed by atoms with van der Waals surface area (Å²) in [6.07, 6.45) is 1.53. The first-order chi connectivity index (χ1) is 15.1. The number of carbonyl (C=O) groups excluding carboxylic acids is 1. The van der Waals surface area contributed by atoms with Crippen LogP contribution < -0.4 is 20.7 Å². The predicted octanol–water partition coefficient (Wildman–Crippen LogP) is 2.56. The van der Waals surface area contributed by atoms with Gasteiger partial charge in [-0.25, -0.2) is 22.3 Å². The number of benzene rings is 2. The van der Waals surface area contributed by atoms with Crippen LogP contribution in [0.5, 0.6) is 0 Å². The van der Waals surface area contributed by atoms with Crippen molar-refractivity contribution in [3.63, 3.8) is 0 Å². The molecule has 1 aliphatic heterocycles. The molecular weight excluding hydrogens is 448 g/mol. The number of hydrogen-bond acceptors (Lipinski definition) is 7. The number of nitrogens with zero attached hydrogens (tertiary/aromatic N) is 2. The maximum atomic E-state index is 14.4. The van der Waals surface area contributed by atoms with Crippen molar-refractivity contribution in [3.05, 3.63) is 52.1 Å². The Hall–Kier alpha value is -3.32. The van der Waals surface area contributed by atoms with Crippen molar-refractivity contribution in [3.8, 4) is 0 Å². The molecule has 13 heteroatoms. The largest absolute Gasteiger partial charge is 0.379 e. The number of nitrogens with one attached hydrogen (secondary N) is 2. The quantitative estimate of drug-likeness (QED) is 0.397. The predicted molar refractivity (Wildman–Crippen MR) is 114 cm³/mol. The van der Waals surface area contributed by atoms with E-state index < -0.39 is 43.1 Å². The number of nitrogens with two attached hydrogens (primary N) is 1. The molecule has 1 amide bonds. The van der Waals surface area contributed by atoms with Crippen molar-refractivity contribution in [2.24, 2.45) is 5.14 Å². The number of anilines is 3. The number of nitro benzene ring substituents is 1. The van der Waals surface area contributed by atoms with E-state index in [1.54, 1.807) is 4.90 Å². The molecule has 1 saturated heterocycles. The first kappa shape index (κ1) is 23.3. The fraction of sp³-hybridized carbons (Fsp3) is 0.316. The number of sulfonamides is 1. The van der Waals surface area contributed by atoms with Crippen LogP contribution in [0.15, 0.2) is 35.2 Å². The molecule has 3 rings (SSSR count). The Morgan fingerprint density at radius 1 is 1.16 bits per heavy atom. The summed E-state index contributed by atoms with van der Waals surface area (Å²) < 4.78 is 51.5. The molecule has 32 heavy (non-hydrogen) atoms. The van der Waals surface area contributed by atoms with Crippen LogP contribution in [0.2, 0.25) is 0 Å². The topological polar surface area (TPSA) is 148 Å². The number of carbonyl (C=O) groups is 1. The van der Waals surface area contributed by atoms with Crippen molar-refractivity contribution in [2.45, 2.75) is 24.2 Å². The number of halogens is 2. The van der Waals surface area contributed by atoms with Gasteiger partial charge in [-0.2, -0.15) is 0 Å². The summed E-state index contributed by atoms with van der Waals surface area (Å²) in [5, 5.41) is 21.2. The Morgan fingerprint density at radius 3 is 2.34 bits per heavy atom. The second-order valence-corrected chi connectivity index (χ2v) is 8.75. The molecule has 1 heterocycles. The highest BCUT2D eigenvalue weighted by atomic mass is 32.2. The third-order valence-corrected chi connectivity index (χ3v) is 5.80. The molecule has 10 nitrogen and oxygen atoms in total. The van der Waals surface area contributed by atoms with E-state index in [2.05, 4.69) is 10.6 Å². The number of rotatable bonds is 8. The second kappa shape index (κ2) is 9.44. The maximum Gasteiger partial charge on any atom is 0.293 e. The molecule has 2 aromatic carbocycles. The third kappa shape index (κ3) is 5.48. The van der Waals surface area contributed by atoms with Crippen LogP contribution in [0.25, 0.3) is 0 Å². The van der Waals surface area contributed by atoms with Gasteiger partial charge in [0.15, 0.2) is 11.6 Å². The van der Waals surface area contributed by atoms with Crippen LogP contribution in [0.3, 0.4) is 0 Å². The van der Waals surface area contributed by atoms with Gasteiger partial charge in [0.1, 0.15) is 11.4 Å². The molecule has 0 aromatic heterocycles. The number of hydrogen-bond donors (Lipinski definition) is 3. The lowest BCUT2D eigenvalue weighted by molar-refractivity contribution is -0.384. The Balaban J connectivity index is 1.62. The summed E-state index contributed by atoms with van der Waals surface area (Å²) in [4.78, 5) is 23.7. The minimum absolute atomic E-state index is 0.0118. The fourth-order valence-corrected chi connectivity index (χ4v) is 3.94.